The number of aryl methyl sites for hydroxylation is 1. The van der Waals surface area contributed by atoms with Gasteiger partial charge in [0, 0.05) is 42.6 Å². The Labute approximate surface area is 182 Å². The summed E-state index contributed by atoms with van der Waals surface area (Å²) in [6, 6.07) is 11.1. The SMILES string of the molecule is Cc1nc(CN2CCN(C(=O)c3ccc(COc4ccc(Br)cc4)o3)CC2)cs1. The van der Waals surface area contributed by atoms with Crippen molar-refractivity contribution >= 4 is 33.2 Å². The lowest BCUT2D eigenvalue weighted by atomic mass is 10.2. The second-order valence-electron chi connectivity index (χ2n) is 6.93. The van der Waals surface area contributed by atoms with Gasteiger partial charge in [-0.15, -0.1) is 11.3 Å². The van der Waals surface area contributed by atoms with Crippen LogP contribution in [0.2, 0.25) is 0 Å². The van der Waals surface area contributed by atoms with Crippen LogP contribution in [-0.2, 0) is 13.2 Å². The minimum Gasteiger partial charge on any atom is -0.486 e. The van der Waals surface area contributed by atoms with E-state index >= 15 is 0 Å². The zero-order chi connectivity index (χ0) is 20.2. The van der Waals surface area contributed by atoms with Crippen molar-refractivity contribution in [2.24, 2.45) is 0 Å². The van der Waals surface area contributed by atoms with E-state index in [-0.39, 0.29) is 12.5 Å². The van der Waals surface area contributed by atoms with Crippen LogP contribution in [0.15, 0.2) is 50.7 Å². The average Bonchev–Trinajstić information content (AvgIpc) is 3.37. The van der Waals surface area contributed by atoms with Crippen molar-refractivity contribution in [3.63, 3.8) is 0 Å². The highest BCUT2D eigenvalue weighted by molar-refractivity contribution is 9.10. The van der Waals surface area contributed by atoms with Gasteiger partial charge in [-0.05, 0) is 43.3 Å². The predicted molar refractivity (Wildman–Crippen MR) is 115 cm³/mol. The number of nitrogens with zero attached hydrogens (tertiary/aromatic N) is 3. The lowest BCUT2D eigenvalue weighted by Crippen LogP contribution is -2.48. The lowest BCUT2D eigenvalue weighted by molar-refractivity contribution is 0.0593. The third-order valence-corrected chi connectivity index (χ3v) is 6.13. The van der Waals surface area contributed by atoms with Crippen LogP contribution >= 0.6 is 27.3 Å². The van der Waals surface area contributed by atoms with E-state index in [0.29, 0.717) is 24.6 Å². The number of halogens is 1. The molecule has 0 bridgehead atoms. The van der Waals surface area contributed by atoms with Crippen LogP contribution in [0.1, 0.15) is 27.0 Å². The van der Waals surface area contributed by atoms with Gasteiger partial charge in [-0.2, -0.15) is 0 Å². The van der Waals surface area contributed by atoms with Gasteiger partial charge >= 0.3 is 0 Å². The van der Waals surface area contributed by atoms with Crippen LogP contribution in [-0.4, -0.2) is 46.9 Å². The molecule has 0 aliphatic carbocycles. The molecule has 3 heterocycles. The largest absolute Gasteiger partial charge is 0.486 e. The summed E-state index contributed by atoms with van der Waals surface area (Å²) in [5, 5.41) is 3.19. The van der Waals surface area contributed by atoms with E-state index in [2.05, 4.69) is 31.2 Å². The number of benzene rings is 1. The molecular weight excluding hydrogens is 454 g/mol. The van der Waals surface area contributed by atoms with Crippen molar-refractivity contribution in [3.05, 3.63) is 68.5 Å². The van der Waals surface area contributed by atoms with Crippen molar-refractivity contribution in [3.8, 4) is 5.75 Å². The highest BCUT2D eigenvalue weighted by atomic mass is 79.9. The molecule has 29 heavy (non-hydrogen) atoms. The molecule has 0 atom stereocenters. The molecule has 8 heteroatoms. The second-order valence-corrected chi connectivity index (χ2v) is 8.91. The first-order chi connectivity index (χ1) is 14.1. The van der Waals surface area contributed by atoms with Crippen molar-refractivity contribution in [1.29, 1.82) is 0 Å². The minimum atomic E-state index is -0.0657. The molecule has 3 aromatic rings. The Hall–Kier alpha value is -2.16. The molecule has 2 aromatic heterocycles. The molecule has 1 aliphatic rings. The quantitative estimate of drug-likeness (QED) is 0.530. The molecule has 4 rings (SSSR count). The molecule has 0 N–H and O–H groups in total. The lowest BCUT2D eigenvalue weighted by Gasteiger charge is -2.33. The van der Waals surface area contributed by atoms with E-state index in [9.17, 15) is 4.79 Å². The standard InChI is InChI=1S/C21H22BrN3O3S/c1-15-23-17(14-29-15)12-24-8-10-25(11-9-24)21(26)20-7-6-19(28-20)13-27-18-4-2-16(22)3-5-18/h2-7,14H,8-13H2,1H3. The summed E-state index contributed by atoms with van der Waals surface area (Å²) in [6.45, 7) is 6.19. The smallest absolute Gasteiger partial charge is 0.289 e. The van der Waals surface area contributed by atoms with Crippen molar-refractivity contribution in [1.82, 2.24) is 14.8 Å². The number of rotatable bonds is 6. The molecule has 1 aromatic carbocycles. The molecule has 0 radical (unpaired) electrons. The summed E-state index contributed by atoms with van der Waals surface area (Å²) in [4.78, 5) is 21.4. The number of aromatic nitrogens is 1. The van der Waals surface area contributed by atoms with E-state index in [4.69, 9.17) is 9.15 Å². The fraction of sp³-hybridized carbons (Fsp3) is 0.333. The molecule has 1 amide bonds. The van der Waals surface area contributed by atoms with Gasteiger partial charge < -0.3 is 14.1 Å². The van der Waals surface area contributed by atoms with E-state index in [1.165, 1.54) is 0 Å². The second kappa shape index (κ2) is 9.11. The number of ether oxygens (including phenoxy) is 1. The van der Waals surface area contributed by atoms with Gasteiger partial charge in [0.15, 0.2) is 5.76 Å². The minimum absolute atomic E-state index is 0.0657. The summed E-state index contributed by atoms with van der Waals surface area (Å²) >= 11 is 5.07. The maximum atomic E-state index is 12.8. The van der Waals surface area contributed by atoms with Gasteiger partial charge in [-0.3, -0.25) is 9.69 Å². The number of piperazine rings is 1. The molecular formula is C21H22BrN3O3S. The van der Waals surface area contributed by atoms with Crippen LogP contribution < -0.4 is 4.74 Å². The first kappa shape index (κ1) is 20.1. The fourth-order valence-electron chi connectivity index (χ4n) is 3.23. The Kier molecular flexibility index (Phi) is 6.32. The van der Waals surface area contributed by atoms with Crippen molar-refractivity contribution in [2.45, 2.75) is 20.1 Å². The van der Waals surface area contributed by atoms with Gasteiger partial charge in [-0.25, -0.2) is 4.98 Å². The average molecular weight is 476 g/mol. The highest BCUT2D eigenvalue weighted by Gasteiger charge is 2.24. The molecule has 1 aliphatic heterocycles. The third kappa shape index (κ3) is 5.26. The van der Waals surface area contributed by atoms with E-state index in [1.54, 1.807) is 23.5 Å². The van der Waals surface area contributed by atoms with Gasteiger partial charge in [0.1, 0.15) is 18.1 Å². The van der Waals surface area contributed by atoms with Gasteiger partial charge in [0.2, 0.25) is 0 Å². The van der Waals surface area contributed by atoms with E-state index in [0.717, 1.165) is 40.6 Å². The Morgan fingerprint density at radius 1 is 1.17 bits per heavy atom. The fourth-order valence-corrected chi connectivity index (χ4v) is 4.10. The Morgan fingerprint density at radius 3 is 2.62 bits per heavy atom. The molecule has 0 spiro atoms. The normalized spacial score (nSPS) is 14.9. The predicted octanol–water partition coefficient (Wildman–Crippen LogP) is 4.34. The maximum Gasteiger partial charge on any atom is 0.289 e. The molecule has 1 fully saturated rings. The Bertz CT molecular complexity index is 962. The van der Waals surface area contributed by atoms with Gasteiger partial charge in [0.25, 0.3) is 5.91 Å². The highest BCUT2D eigenvalue weighted by Crippen LogP contribution is 2.19. The molecule has 0 unspecified atom stereocenters. The van der Waals surface area contributed by atoms with E-state index in [1.807, 2.05) is 36.1 Å². The number of amides is 1. The first-order valence-electron chi connectivity index (χ1n) is 9.46. The summed E-state index contributed by atoms with van der Waals surface area (Å²) in [6.07, 6.45) is 0. The van der Waals surface area contributed by atoms with Crippen LogP contribution in [0, 0.1) is 6.92 Å². The number of carbonyl (C=O) groups is 1. The summed E-state index contributed by atoms with van der Waals surface area (Å²) in [5.41, 5.74) is 1.11. The number of hydrogen-bond donors (Lipinski definition) is 0. The van der Waals surface area contributed by atoms with Gasteiger partial charge in [0.05, 0.1) is 10.7 Å². The summed E-state index contributed by atoms with van der Waals surface area (Å²) < 4.78 is 12.4. The molecule has 0 saturated carbocycles. The number of thiazole rings is 1. The number of hydrogen-bond acceptors (Lipinski definition) is 6. The number of furan rings is 1. The zero-order valence-electron chi connectivity index (χ0n) is 16.1. The third-order valence-electron chi connectivity index (χ3n) is 4.78. The summed E-state index contributed by atoms with van der Waals surface area (Å²) in [7, 11) is 0. The van der Waals surface area contributed by atoms with Crippen LogP contribution in [0.3, 0.4) is 0 Å². The Balaban J connectivity index is 1.27. The van der Waals surface area contributed by atoms with Gasteiger partial charge in [-0.1, -0.05) is 15.9 Å². The molecule has 6 nitrogen and oxygen atoms in total. The van der Waals surface area contributed by atoms with Crippen molar-refractivity contribution < 1.29 is 13.9 Å². The zero-order valence-corrected chi connectivity index (χ0v) is 18.5. The number of carbonyl (C=O) groups excluding carboxylic acids is 1. The van der Waals surface area contributed by atoms with Crippen LogP contribution in [0.5, 0.6) is 5.75 Å². The molecule has 1 saturated heterocycles. The Morgan fingerprint density at radius 2 is 1.93 bits per heavy atom. The first-order valence-corrected chi connectivity index (χ1v) is 11.1. The van der Waals surface area contributed by atoms with Crippen LogP contribution in [0.4, 0.5) is 0 Å². The topological polar surface area (TPSA) is 58.8 Å². The molecule has 152 valence electrons. The maximum absolute atomic E-state index is 12.8. The monoisotopic (exact) mass is 475 g/mol. The summed E-state index contributed by atoms with van der Waals surface area (Å²) in [5.74, 6) is 1.68. The van der Waals surface area contributed by atoms with E-state index < -0.39 is 0 Å². The van der Waals surface area contributed by atoms with Crippen LogP contribution in [0.25, 0.3) is 0 Å². The van der Waals surface area contributed by atoms with Crippen molar-refractivity contribution in [2.75, 3.05) is 26.2 Å².